The lowest BCUT2D eigenvalue weighted by atomic mass is 9.94. The van der Waals surface area contributed by atoms with Crippen molar-refractivity contribution in [2.24, 2.45) is 0 Å². The number of rotatable bonds is 7. The Kier molecular flexibility index (Phi) is 6.79. The van der Waals surface area contributed by atoms with E-state index in [1.165, 1.54) is 19.3 Å². The van der Waals surface area contributed by atoms with Crippen molar-refractivity contribution in [1.82, 2.24) is 9.88 Å². The third kappa shape index (κ3) is 4.92. The van der Waals surface area contributed by atoms with Crippen LogP contribution in [-0.2, 0) is 10.5 Å². The first-order chi connectivity index (χ1) is 12.8. The van der Waals surface area contributed by atoms with Gasteiger partial charge in [-0.05, 0) is 25.0 Å². The first-order valence-corrected chi connectivity index (χ1v) is 10.2. The number of carbonyl (C=O) groups excluding carboxylic acids is 1. The quantitative estimate of drug-likeness (QED) is 0.681. The number of oxazole rings is 1. The van der Waals surface area contributed by atoms with Crippen molar-refractivity contribution in [2.45, 2.75) is 43.9 Å². The molecule has 1 amide bonds. The zero-order chi connectivity index (χ0) is 18.2. The van der Waals surface area contributed by atoms with Crippen molar-refractivity contribution < 1.29 is 9.21 Å². The van der Waals surface area contributed by atoms with Crippen molar-refractivity contribution in [2.75, 3.05) is 12.3 Å². The molecule has 1 fully saturated rings. The predicted octanol–water partition coefficient (Wildman–Crippen LogP) is 4.37. The molecule has 4 nitrogen and oxygen atoms in total. The molecule has 26 heavy (non-hydrogen) atoms. The van der Waals surface area contributed by atoms with Gasteiger partial charge in [0.15, 0.2) is 0 Å². The lowest BCUT2D eigenvalue weighted by Crippen LogP contribution is -2.42. The highest BCUT2D eigenvalue weighted by atomic mass is 32.2. The number of carbonyl (C=O) groups is 1. The normalized spacial score (nSPS) is 14.7. The second-order valence-corrected chi connectivity index (χ2v) is 7.51. The van der Waals surface area contributed by atoms with Gasteiger partial charge in [0.05, 0.1) is 18.0 Å². The molecule has 1 heterocycles. The number of terminal acetylenes is 1. The van der Waals surface area contributed by atoms with E-state index in [2.05, 4.69) is 10.9 Å². The molecule has 1 aliphatic rings. The highest BCUT2D eigenvalue weighted by Crippen LogP contribution is 2.24. The second kappa shape index (κ2) is 9.49. The van der Waals surface area contributed by atoms with Gasteiger partial charge in [-0.3, -0.25) is 4.79 Å². The summed E-state index contributed by atoms with van der Waals surface area (Å²) in [7, 11) is 0. The van der Waals surface area contributed by atoms with Gasteiger partial charge in [-0.15, -0.1) is 18.2 Å². The van der Waals surface area contributed by atoms with Gasteiger partial charge in [0.2, 0.25) is 11.8 Å². The van der Waals surface area contributed by atoms with Crippen LogP contribution < -0.4 is 0 Å². The molecule has 0 radical (unpaired) electrons. The zero-order valence-corrected chi connectivity index (χ0v) is 15.7. The van der Waals surface area contributed by atoms with Crippen LogP contribution in [0.15, 0.2) is 41.0 Å². The van der Waals surface area contributed by atoms with E-state index in [1.54, 1.807) is 18.0 Å². The van der Waals surface area contributed by atoms with Crippen molar-refractivity contribution in [3.8, 4) is 23.8 Å². The minimum Gasteiger partial charge on any atom is -0.444 e. The Labute approximate surface area is 159 Å². The molecule has 1 aromatic carbocycles. The molecular formula is C21H24N2O2S. The van der Waals surface area contributed by atoms with Gasteiger partial charge >= 0.3 is 0 Å². The molecule has 1 aromatic heterocycles. The van der Waals surface area contributed by atoms with E-state index < -0.39 is 0 Å². The minimum absolute atomic E-state index is 0.131. The maximum absolute atomic E-state index is 12.6. The Balaban J connectivity index is 1.51. The molecule has 0 saturated heterocycles. The Bertz CT molecular complexity index is 745. The summed E-state index contributed by atoms with van der Waals surface area (Å²) in [6.45, 7) is 0.409. The van der Waals surface area contributed by atoms with E-state index in [4.69, 9.17) is 10.8 Å². The second-order valence-electron chi connectivity index (χ2n) is 6.52. The lowest BCUT2D eigenvalue weighted by molar-refractivity contribution is -0.130. The number of thioether (sulfide) groups is 1. The number of hydrogen-bond acceptors (Lipinski definition) is 4. The number of benzene rings is 1. The minimum atomic E-state index is 0.131. The van der Waals surface area contributed by atoms with Gasteiger partial charge in [0, 0.05) is 17.4 Å². The van der Waals surface area contributed by atoms with E-state index in [9.17, 15) is 4.79 Å². The highest BCUT2D eigenvalue weighted by Gasteiger charge is 2.24. The summed E-state index contributed by atoms with van der Waals surface area (Å²) in [5.74, 6) is 4.46. The lowest BCUT2D eigenvalue weighted by Gasteiger charge is -2.33. The summed E-state index contributed by atoms with van der Waals surface area (Å²) in [4.78, 5) is 19.0. The van der Waals surface area contributed by atoms with Crippen LogP contribution in [0.4, 0.5) is 0 Å². The van der Waals surface area contributed by atoms with Crippen LogP contribution in [0.3, 0.4) is 0 Å². The largest absolute Gasteiger partial charge is 0.444 e. The maximum Gasteiger partial charge on any atom is 0.233 e. The monoisotopic (exact) mass is 368 g/mol. The van der Waals surface area contributed by atoms with Crippen LogP contribution >= 0.6 is 11.8 Å². The van der Waals surface area contributed by atoms with Crippen LogP contribution in [0.5, 0.6) is 0 Å². The Morgan fingerprint density at radius 2 is 2.04 bits per heavy atom. The molecule has 136 valence electrons. The molecule has 3 rings (SSSR count). The van der Waals surface area contributed by atoms with Gasteiger partial charge in [0.1, 0.15) is 6.26 Å². The molecule has 5 heteroatoms. The number of aromatic nitrogens is 1. The van der Waals surface area contributed by atoms with Gasteiger partial charge < -0.3 is 9.32 Å². The molecule has 0 aliphatic heterocycles. The van der Waals surface area contributed by atoms with Crippen molar-refractivity contribution in [3.05, 3.63) is 42.3 Å². The van der Waals surface area contributed by atoms with Crippen molar-refractivity contribution in [1.29, 1.82) is 0 Å². The van der Waals surface area contributed by atoms with E-state index >= 15 is 0 Å². The van der Waals surface area contributed by atoms with E-state index in [0.717, 1.165) is 24.1 Å². The zero-order valence-electron chi connectivity index (χ0n) is 14.9. The Morgan fingerprint density at radius 3 is 2.77 bits per heavy atom. The fourth-order valence-electron chi connectivity index (χ4n) is 3.32. The van der Waals surface area contributed by atoms with Gasteiger partial charge in [0.25, 0.3) is 0 Å². The fourth-order valence-corrected chi connectivity index (χ4v) is 4.11. The van der Waals surface area contributed by atoms with Crippen LogP contribution in [0.1, 0.15) is 37.8 Å². The maximum atomic E-state index is 12.6. The fraction of sp³-hybridized carbons (Fsp3) is 0.429. The third-order valence-corrected chi connectivity index (χ3v) is 5.60. The van der Waals surface area contributed by atoms with Gasteiger partial charge in [-0.1, -0.05) is 43.4 Å². The third-order valence-electron chi connectivity index (χ3n) is 4.65. The predicted molar refractivity (Wildman–Crippen MR) is 106 cm³/mol. The molecule has 0 unspecified atom stereocenters. The summed E-state index contributed by atoms with van der Waals surface area (Å²) in [6.07, 6.45) is 12.9. The van der Waals surface area contributed by atoms with E-state index in [0.29, 0.717) is 30.0 Å². The van der Waals surface area contributed by atoms with Crippen LogP contribution in [0.2, 0.25) is 0 Å². The smallest absolute Gasteiger partial charge is 0.233 e. The molecule has 0 atom stereocenters. The van der Waals surface area contributed by atoms with Crippen LogP contribution in [0.25, 0.3) is 11.5 Å². The Morgan fingerprint density at radius 1 is 1.27 bits per heavy atom. The first-order valence-electron chi connectivity index (χ1n) is 9.08. The van der Waals surface area contributed by atoms with Crippen LogP contribution in [-0.4, -0.2) is 34.1 Å². The summed E-state index contributed by atoms with van der Waals surface area (Å²) < 4.78 is 5.54. The summed E-state index contributed by atoms with van der Waals surface area (Å²) in [5.41, 5.74) is 1.81. The summed E-state index contributed by atoms with van der Waals surface area (Å²) in [6, 6.07) is 10.1. The van der Waals surface area contributed by atoms with Crippen molar-refractivity contribution in [3.63, 3.8) is 0 Å². The van der Waals surface area contributed by atoms with Crippen LogP contribution in [0, 0.1) is 12.3 Å². The Hall–Kier alpha value is -2.19. The molecule has 0 spiro atoms. The van der Waals surface area contributed by atoms with E-state index in [-0.39, 0.29) is 5.91 Å². The summed E-state index contributed by atoms with van der Waals surface area (Å²) in [5, 5.41) is 0. The molecular weight excluding hydrogens is 344 g/mol. The number of amides is 1. The number of hydrogen-bond donors (Lipinski definition) is 0. The molecule has 1 aliphatic carbocycles. The molecule has 0 N–H and O–H groups in total. The molecule has 2 aromatic rings. The van der Waals surface area contributed by atoms with Crippen molar-refractivity contribution >= 4 is 17.7 Å². The standard InChI is InChI=1S/C21H24N2O2S/c1-2-13-23(19-11-7-4-8-12-19)20(24)16-26-15-18-14-25-21(22-18)17-9-5-3-6-10-17/h1,3,5-6,9-10,14,19H,4,7-8,11-13,15-16H2. The SMILES string of the molecule is C#CCN(C(=O)CSCc1coc(-c2ccccc2)n1)C1CCCCC1. The number of nitrogens with zero attached hydrogens (tertiary/aromatic N) is 2. The first kappa shape index (κ1) is 18.6. The molecule has 0 bridgehead atoms. The highest BCUT2D eigenvalue weighted by molar-refractivity contribution is 7.99. The topological polar surface area (TPSA) is 46.3 Å². The molecule has 1 saturated carbocycles. The average molecular weight is 369 g/mol. The average Bonchev–Trinajstić information content (AvgIpc) is 3.16. The van der Waals surface area contributed by atoms with Gasteiger partial charge in [-0.2, -0.15) is 0 Å². The summed E-state index contributed by atoms with van der Waals surface area (Å²) >= 11 is 1.56. The van der Waals surface area contributed by atoms with E-state index in [1.807, 2.05) is 35.2 Å². The van der Waals surface area contributed by atoms with Gasteiger partial charge in [-0.25, -0.2) is 4.98 Å².